The Morgan fingerprint density at radius 2 is 2.00 bits per heavy atom. The minimum absolute atomic E-state index is 0.632. The summed E-state index contributed by atoms with van der Waals surface area (Å²) in [5.41, 5.74) is 1.41. The summed E-state index contributed by atoms with van der Waals surface area (Å²) >= 11 is 0. The Hall–Kier alpha value is -0.0400. The molecular formula is C14H25N. The lowest BCUT2D eigenvalue weighted by Crippen LogP contribution is -2.28. The topological polar surface area (TPSA) is 12.0 Å². The van der Waals surface area contributed by atoms with Gasteiger partial charge in [-0.05, 0) is 61.8 Å². The Morgan fingerprint density at radius 1 is 1.20 bits per heavy atom. The van der Waals surface area contributed by atoms with Crippen LogP contribution in [-0.4, -0.2) is 12.6 Å². The van der Waals surface area contributed by atoms with Gasteiger partial charge < -0.3 is 5.32 Å². The average molecular weight is 207 g/mol. The van der Waals surface area contributed by atoms with Crippen LogP contribution in [0.15, 0.2) is 0 Å². The molecule has 0 aromatic rings. The summed E-state index contributed by atoms with van der Waals surface area (Å²) < 4.78 is 0. The summed E-state index contributed by atoms with van der Waals surface area (Å²) in [4.78, 5) is 0. The van der Waals surface area contributed by atoms with Gasteiger partial charge in [0, 0.05) is 6.04 Å². The van der Waals surface area contributed by atoms with Gasteiger partial charge in [0.25, 0.3) is 0 Å². The zero-order valence-electron chi connectivity index (χ0n) is 10.3. The molecule has 0 saturated heterocycles. The molecule has 2 atom stereocenters. The summed E-state index contributed by atoms with van der Waals surface area (Å²) in [5.74, 6) is 1.03. The summed E-state index contributed by atoms with van der Waals surface area (Å²) in [6, 6.07) is 0.902. The van der Waals surface area contributed by atoms with Crippen molar-refractivity contribution in [3.8, 4) is 0 Å². The first-order valence-electron chi connectivity index (χ1n) is 6.83. The van der Waals surface area contributed by atoms with Crippen LogP contribution < -0.4 is 5.32 Å². The standard InChI is InChI=1S/C14H25N/c1-13(2)6-3-7-14(10-13)8-11(14)9-15-12-4-5-12/h11-12,15H,3-10H2,1-2H3. The Kier molecular flexibility index (Phi) is 2.18. The molecule has 3 aliphatic carbocycles. The first-order chi connectivity index (χ1) is 7.10. The molecule has 3 saturated carbocycles. The van der Waals surface area contributed by atoms with E-state index in [0.717, 1.165) is 17.4 Å². The van der Waals surface area contributed by atoms with E-state index >= 15 is 0 Å². The van der Waals surface area contributed by atoms with Gasteiger partial charge in [-0.25, -0.2) is 0 Å². The molecule has 0 heterocycles. The van der Waals surface area contributed by atoms with E-state index in [0.29, 0.717) is 5.41 Å². The minimum Gasteiger partial charge on any atom is -0.314 e. The van der Waals surface area contributed by atoms with E-state index in [2.05, 4.69) is 19.2 Å². The third-order valence-corrected chi connectivity index (χ3v) is 4.95. The quantitative estimate of drug-likeness (QED) is 0.748. The van der Waals surface area contributed by atoms with Crippen LogP contribution in [0.5, 0.6) is 0 Å². The average Bonchev–Trinajstić information content (AvgIpc) is 2.98. The lowest BCUT2D eigenvalue weighted by Gasteiger charge is -2.36. The smallest absolute Gasteiger partial charge is 0.00683 e. The first-order valence-corrected chi connectivity index (χ1v) is 6.83. The van der Waals surface area contributed by atoms with Gasteiger partial charge in [-0.15, -0.1) is 0 Å². The summed E-state index contributed by atoms with van der Waals surface area (Å²) in [6.45, 7) is 6.26. The summed E-state index contributed by atoms with van der Waals surface area (Å²) in [7, 11) is 0. The first kappa shape index (κ1) is 10.1. The van der Waals surface area contributed by atoms with Crippen LogP contribution in [0.25, 0.3) is 0 Å². The molecule has 1 heteroatoms. The molecule has 0 aromatic carbocycles. The van der Waals surface area contributed by atoms with Gasteiger partial charge >= 0.3 is 0 Å². The lowest BCUT2D eigenvalue weighted by molar-refractivity contribution is 0.152. The van der Waals surface area contributed by atoms with Crippen molar-refractivity contribution in [3.05, 3.63) is 0 Å². The summed E-state index contributed by atoms with van der Waals surface area (Å²) in [6.07, 6.45) is 10.3. The largest absolute Gasteiger partial charge is 0.314 e. The van der Waals surface area contributed by atoms with Crippen molar-refractivity contribution < 1.29 is 0 Å². The molecule has 1 nitrogen and oxygen atoms in total. The van der Waals surface area contributed by atoms with Crippen molar-refractivity contribution in [1.29, 1.82) is 0 Å². The van der Waals surface area contributed by atoms with Gasteiger partial charge in [0.15, 0.2) is 0 Å². The van der Waals surface area contributed by atoms with Gasteiger partial charge in [-0.2, -0.15) is 0 Å². The van der Waals surface area contributed by atoms with Crippen molar-refractivity contribution >= 4 is 0 Å². The zero-order chi connectivity index (χ0) is 10.5. The van der Waals surface area contributed by atoms with E-state index in [9.17, 15) is 0 Å². The van der Waals surface area contributed by atoms with Crippen molar-refractivity contribution in [1.82, 2.24) is 5.32 Å². The molecule has 1 N–H and O–H groups in total. The highest BCUT2D eigenvalue weighted by Crippen LogP contribution is 2.64. The van der Waals surface area contributed by atoms with Crippen LogP contribution in [0.1, 0.15) is 58.8 Å². The fraction of sp³-hybridized carbons (Fsp3) is 1.00. The van der Waals surface area contributed by atoms with Gasteiger partial charge in [0.1, 0.15) is 0 Å². The third kappa shape index (κ3) is 2.08. The molecular weight excluding hydrogens is 182 g/mol. The lowest BCUT2D eigenvalue weighted by atomic mass is 9.69. The monoisotopic (exact) mass is 207 g/mol. The molecule has 0 aromatic heterocycles. The molecule has 86 valence electrons. The predicted octanol–water partition coefficient (Wildman–Crippen LogP) is 3.34. The number of rotatable bonds is 3. The highest BCUT2D eigenvalue weighted by Gasteiger charge is 2.56. The zero-order valence-corrected chi connectivity index (χ0v) is 10.3. The van der Waals surface area contributed by atoms with Crippen LogP contribution in [-0.2, 0) is 0 Å². The Bertz CT molecular complexity index is 254. The highest BCUT2D eigenvalue weighted by molar-refractivity contribution is 5.07. The molecule has 0 aliphatic heterocycles. The highest BCUT2D eigenvalue weighted by atomic mass is 15.0. The Morgan fingerprint density at radius 3 is 2.67 bits per heavy atom. The van der Waals surface area contributed by atoms with E-state index < -0.39 is 0 Å². The number of hydrogen-bond donors (Lipinski definition) is 1. The molecule has 1 spiro atoms. The second-order valence-electron chi connectivity index (χ2n) is 7.14. The minimum atomic E-state index is 0.632. The molecule has 3 aliphatic rings. The van der Waals surface area contributed by atoms with Crippen LogP contribution in [0.4, 0.5) is 0 Å². The molecule has 0 bridgehead atoms. The Balaban J connectivity index is 1.53. The van der Waals surface area contributed by atoms with Crippen molar-refractivity contribution in [3.63, 3.8) is 0 Å². The fourth-order valence-electron chi connectivity index (χ4n) is 3.89. The van der Waals surface area contributed by atoms with E-state index in [1.165, 1.54) is 51.5 Å². The van der Waals surface area contributed by atoms with E-state index in [-0.39, 0.29) is 0 Å². The SMILES string of the molecule is CC1(C)CCCC2(CC2CNC2CC2)C1. The maximum atomic E-state index is 3.72. The van der Waals surface area contributed by atoms with Crippen LogP contribution >= 0.6 is 0 Å². The van der Waals surface area contributed by atoms with E-state index in [4.69, 9.17) is 0 Å². The summed E-state index contributed by atoms with van der Waals surface area (Å²) in [5, 5.41) is 3.72. The second kappa shape index (κ2) is 3.23. The van der Waals surface area contributed by atoms with Gasteiger partial charge in [-0.3, -0.25) is 0 Å². The molecule has 15 heavy (non-hydrogen) atoms. The van der Waals surface area contributed by atoms with E-state index in [1.807, 2.05) is 0 Å². The maximum absolute atomic E-state index is 3.72. The predicted molar refractivity (Wildman–Crippen MR) is 63.8 cm³/mol. The van der Waals surface area contributed by atoms with Crippen molar-refractivity contribution in [2.24, 2.45) is 16.7 Å². The van der Waals surface area contributed by atoms with Crippen molar-refractivity contribution in [2.45, 2.75) is 64.8 Å². The van der Waals surface area contributed by atoms with E-state index in [1.54, 1.807) is 0 Å². The molecule has 0 amide bonds. The molecule has 0 radical (unpaired) electrons. The molecule has 3 fully saturated rings. The Labute approximate surface area is 94.0 Å². The van der Waals surface area contributed by atoms with Gasteiger partial charge in [0.05, 0.1) is 0 Å². The van der Waals surface area contributed by atoms with Crippen LogP contribution in [0.3, 0.4) is 0 Å². The van der Waals surface area contributed by atoms with Gasteiger partial charge in [0.2, 0.25) is 0 Å². The van der Waals surface area contributed by atoms with Crippen molar-refractivity contribution in [2.75, 3.05) is 6.54 Å². The second-order valence-corrected chi connectivity index (χ2v) is 7.14. The van der Waals surface area contributed by atoms with Gasteiger partial charge in [-0.1, -0.05) is 20.3 Å². The fourth-order valence-corrected chi connectivity index (χ4v) is 3.89. The normalized spacial score (nSPS) is 43.2. The molecule has 3 rings (SSSR count). The molecule has 2 unspecified atom stereocenters. The van der Waals surface area contributed by atoms with Crippen LogP contribution in [0.2, 0.25) is 0 Å². The van der Waals surface area contributed by atoms with Crippen LogP contribution in [0, 0.1) is 16.7 Å². The number of nitrogens with one attached hydrogen (secondary N) is 1. The number of hydrogen-bond acceptors (Lipinski definition) is 1. The third-order valence-electron chi connectivity index (χ3n) is 4.95. The maximum Gasteiger partial charge on any atom is 0.00683 e.